The SMILES string of the molecule is CCCCOP(=O)(OCCCC)C1(C)CC(C)(C)Nc2cccc(C)c2N1. The lowest BCUT2D eigenvalue weighted by Crippen LogP contribution is -2.44. The summed E-state index contributed by atoms with van der Waals surface area (Å²) in [4.78, 5) is 0. The van der Waals surface area contributed by atoms with Crippen molar-refractivity contribution in [2.45, 2.75) is 84.5 Å². The molecule has 0 aliphatic carbocycles. The van der Waals surface area contributed by atoms with Gasteiger partial charge in [-0.15, -0.1) is 0 Å². The van der Waals surface area contributed by atoms with Crippen molar-refractivity contribution in [3.63, 3.8) is 0 Å². The molecule has 0 aromatic heterocycles. The molecule has 1 aliphatic heterocycles. The number of unbranched alkanes of at least 4 members (excludes halogenated alkanes) is 2. The van der Waals surface area contributed by atoms with Gasteiger partial charge >= 0.3 is 7.60 Å². The highest BCUT2D eigenvalue weighted by atomic mass is 31.2. The molecule has 27 heavy (non-hydrogen) atoms. The molecule has 0 fully saturated rings. The summed E-state index contributed by atoms with van der Waals surface area (Å²) in [6.07, 6.45) is 4.34. The maximum atomic E-state index is 14.1. The Bertz CT molecular complexity index is 663. The second kappa shape index (κ2) is 8.98. The van der Waals surface area contributed by atoms with E-state index in [-0.39, 0.29) is 5.54 Å². The minimum absolute atomic E-state index is 0.265. The van der Waals surface area contributed by atoms with Crippen LogP contribution in [0.15, 0.2) is 18.2 Å². The number of rotatable bonds is 9. The second-order valence-electron chi connectivity index (χ2n) is 8.45. The van der Waals surface area contributed by atoms with Crippen LogP contribution in [0.2, 0.25) is 0 Å². The van der Waals surface area contributed by atoms with Crippen LogP contribution < -0.4 is 10.6 Å². The molecular formula is C21H37N2O3P. The summed E-state index contributed by atoms with van der Waals surface area (Å²) in [5.41, 5.74) is 2.84. The Labute approximate surface area is 165 Å². The van der Waals surface area contributed by atoms with Gasteiger partial charge in [-0.2, -0.15) is 0 Å². The third-order valence-corrected chi connectivity index (χ3v) is 7.57. The monoisotopic (exact) mass is 396 g/mol. The molecule has 2 rings (SSSR count). The lowest BCUT2D eigenvalue weighted by molar-refractivity contribution is 0.179. The average molecular weight is 397 g/mol. The standard InChI is InChI=1S/C21H37N2O3P/c1-7-9-14-25-27(24,26-15-10-8-2)21(6)16-20(4,5)22-18-13-11-12-17(3)19(18)23-21/h11-13,22-23H,7-10,14-16H2,1-6H3. The van der Waals surface area contributed by atoms with Gasteiger partial charge in [-0.25, -0.2) is 0 Å². The molecule has 154 valence electrons. The number of fused-ring (bicyclic) bond motifs is 1. The molecule has 5 nitrogen and oxygen atoms in total. The molecule has 1 aliphatic rings. The third-order valence-electron chi connectivity index (χ3n) is 5.05. The maximum absolute atomic E-state index is 14.1. The first-order valence-corrected chi connectivity index (χ1v) is 11.8. The van der Waals surface area contributed by atoms with E-state index in [0.29, 0.717) is 19.6 Å². The van der Waals surface area contributed by atoms with Crippen LogP contribution in [0.1, 0.15) is 72.3 Å². The van der Waals surface area contributed by atoms with Crippen LogP contribution in [-0.2, 0) is 13.6 Å². The van der Waals surface area contributed by atoms with Gasteiger partial charge in [-0.05, 0) is 52.2 Å². The highest BCUT2D eigenvalue weighted by molar-refractivity contribution is 7.55. The third kappa shape index (κ3) is 5.28. The molecule has 1 unspecified atom stereocenters. The van der Waals surface area contributed by atoms with E-state index in [1.165, 1.54) is 0 Å². The number of aryl methyl sites for hydroxylation is 1. The Morgan fingerprint density at radius 1 is 1.04 bits per heavy atom. The molecule has 1 aromatic rings. The quantitative estimate of drug-likeness (QED) is 0.366. The Hall–Kier alpha value is -1.03. The van der Waals surface area contributed by atoms with Gasteiger partial charge in [-0.1, -0.05) is 38.8 Å². The van der Waals surface area contributed by atoms with Crippen LogP contribution in [0.3, 0.4) is 0 Å². The van der Waals surface area contributed by atoms with E-state index < -0.39 is 12.9 Å². The van der Waals surface area contributed by atoms with Crippen LogP contribution >= 0.6 is 7.60 Å². The fourth-order valence-corrected chi connectivity index (χ4v) is 5.89. The summed E-state index contributed by atoms with van der Waals surface area (Å²) in [5, 5.41) is 6.37. The summed E-state index contributed by atoms with van der Waals surface area (Å²) >= 11 is 0. The molecule has 0 saturated carbocycles. The Morgan fingerprint density at radius 3 is 2.19 bits per heavy atom. The number of hydrogen-bond acceptors (Lipinski definition) is 5. The number of benzene rings is 1. The summed E-state index contributed by atoms with van der Waals surface area (Å²) < 4.78 is 26.1. The van der Waals surface area contributed by atoms with E-state index >= 15 is 0 Å². The van der Waals surface area contributed by atoms with Gasteiger partial charge in [0.2, 0.25) is 0 Å². The molecule has 1 heterocycles. The van der Waals surface area contributed by atoms with Crippen LogP contribution in [0, 0.1) is 6.92 Å². The molecular weight excluding hydrogens is 359 g/mol. The molecule has 2 N–H and O–H groups in total. The van der Waals surface area contributed by atoms with Crippen molar-refractivity contribution in [1.82, 2.24) is 0 Å². The minimum Gasteiger partial charge on any atom is -0.378 e. The normalized spacial score (nSPS) is 21.7. The van der Waals surface area contributed by atoms with Crippen molar-refractivity contribution in [2.75, 3.05) is 23.8 Å². The highest BCUT2D eigenvalue weighted by Crippen LogP contribution is 2.64. The van der Waals surface area contributed by atoms with Crippen molar-refractivity contribution in [2.24, 2.45) is 0 Å². The number of hydrogen-bond donors (Lipinski definition) is 2. The van der Waals surface area contributed by atoms with E-state index in [1.54, 1.807) is 0 Å². The lowest BCUT2D eigenvalue weighted by atomic mass is 9.96. The minimum atomic E-state index is -3.40. The van der Waals surface area contributed by atoms with Crippen molar-refractivity contribution in [3.05, 3.63) is 23.8 Å². The smallest absolute Gasteiger partial charge is 0.355 e. The molecule has 0 bridgehead atoms. The van der Waals surface area contributed by atoms with Gasteiger partial charge in [0.05, 0.1) is 24.6 Å². The zero-order chi connectivity index (χ0) is 20.1. The van der Waals surface area contributed by atoms with Crippen LogP contribution in [0.4, 0.5) is 11.4 Å². The zero-order valence-electron chi connectivity index (χ0n) is 17.9. The largest absolute Gasteiger partial charge is 0.378 e. The van der Waals surface area contributed by atoms with E-state index in [4.69, 9.17) is 9.05 Å². The summed E-state index contributed by atoms with van der Waals surface area (Å²) in [5.74, 6) is 0. The Morgan fingerprint density at radius 2 is 1.63 bits per heavy atom. The number of para-hydroxylation sites is 1. The van der Waals surface area contributed by atoms with E-state index in [2.05, 4.69) is 57.4 Å². The zero-order valence-corrected chi connectivity index (χ0v) is 18.7. The van der Waals surface area contributed by atoms with Gasteiger partial charge in [-0.3, -0.25) is 4.57 Å². The van der Waals surface area contributed by atoms with Crippen molar-refractivity contribution in [1.29, 1.82) is 0 Å². The highest BCUT2D eigenvalue weighted by Gasteiger charge is 2.52. The first-order chi connectivity index (χ1) is 12.7. The topological polar surface area (TPSA) is 59.6 Å². The van der Waals surface area contributed by atoms with Crippen molar-refractivity contribution in [3.8, 4) is 0 Å². The van der Waals surface area contributed by atoms with Crippen LogP contribution in [0.5, 0.6) is 0 Å². The fourth-order valence-electron chi connectivity index (χ4n) is 3.67. The second-order valence-corrected chi connectivity index (χ2v) is 11.0. The molecule has 0 saturated heterocycles. The van der Waals surface area contributed by atoms with Gasteiger partial charge in [0, 0.05) is 12.0 Å². The summed E-state index contributed by atoms with van der Waals surface area (Å²) in [6.45, 7) is 13.4. The molecule has 0 spiro atoms. The van der Waals surface area contributed by atoms with Crippen molar-refractivity contribution >= 4 is 19.0 Å². The van der Waals surface area contributed by atoms with Crippen LogP contribution in [-0.4, -0.2) is 24.0 Å². The average Bonchev–Trinajstić information content (AvgIpc) is 2.69. The Kier molecular flexibility index (Phi) is 7.40. The first kappa shape index (κ1) is 22.3. The maximum Gasteiger partial charge on any atom is 0.355 e. The number of nitrogens with one attached hydrogen (secondary N) is 2. The first-order valence-electron chi connectivity index (χ1n) is 10.2. The summed E-state index contributed by atoms with van der Waals surface area (Å²) in [7, 11) is -3.40. The molecule has 1 atom stereocenters. The van der Waals surface area contributed by atoms with E-state index in [1.807, 2.05) is 13.0 Å². The van der Waals surface area contributed by atoms with Gasteiger partial charge in [0.1, 0.15) is 5.28 Å². The molecule has 1 aromatic carbocycles. The van der Waals surface area contributed by atoms with Gasteiger partial charge in [0.25, 0.3) is 0 Å². The van der Waals surface area contributed by atoms with E-state index in [9.17, 15) is 4.57 Å². The predicted octanol–water partition coefficient (Wildman–Crippen LogP) is 6.54. The lowest BCUT2D eigenvalue weighted by Gasteiger charge is -2.40. The predicted molar refractivity (Wildman–Crippen MR) is 115 cm³/mol. The van der Waals surface area contributed by atoms with Crippen LogP contribution in [0.25, 0.3) is 0 Å². The summed E-state index contributed by atoms with van der Waals surface area (Å²) in [6, 6.07) is 6.16. The molecule has 0 radical (unpaired) electrons. The van der Waals surface area contributed by atoms with Gasteiger partial charge < -0.3 is 19.7 Å². The van der Waals surface area contributed by atoms with E-state index in [0.717, 1.165) is 42.6 Å². The fraction of sp³-hybridized carbons (Fsp3) is 0.714. The molecule has 0 amide bonds. The molecule has 6 heteroatoms. The number of anilines is 2. The van der Waals surface area contributed by atoms with Gasteiger partial charge in [0.15, 0.2) is 0 Å². The Balaban J connectivity index is 2.44. The van der Waals surface area contributed by atoms with Crippen molar-refractivity contribution < 1.29 is 13.6 Å².